The Balaban J connectivity index is 2.28. The number of carbonyl (C=O) groups is 2. The van der Waals surface area contributed by atoms with Crippen molar-refractivity contribution in [1.82, 2.24) is 9.62 Å². The van der Waals surface area contributed by atoms with Crippen molar-refractivity contribution in [2.45, 2.75) is 23.8 Å². The van der Waals surface area contributed by atoms with Crippen molar-refractivity contribution in [3.05, 3.63) is 29.8 Å². The van der Waals surface area contributed by atoms with Gasteiger partial charge in [0.15, 0.2) is 0 Å². The van der Waals surface area contributed by atoms with E-state index in [2.05, 4.69) is 10.6 Å². The average Bonchev–Trinajstić information content (AvgIpc) is 3.02. The number of nitrogens with zero attached hydrogens (tertiary/aromatic N) is 1. The number of hydrogen-bond donors (Lipinski definition) is 2. The maximum atomic E-state index is 12.5. The second kappa shape index (κ2) is 6.81. The van der Waals surface area contributed by atoms with E-state index in [0.29, 0.717) is 19.4 Å². The summed E-state index contributed by atoms with van der Waals surface area (Å²) in [4.78, 5) is 24.8. The molecule has 0 saturated carbocycles. The first-order chi connectivity index (χ1) is 10.9. The van der Waals surface area contributed by atoms with Crippen molar-refractivity contribution in [1.29, 1.82) is 0 Å². The van der Waals surface area contributed by atoms with E-state index in [9.17, 15) is 18.0 Å². The summed E-state index contributed by atoms with van der Waals surface area (Å²) in [5.74, 6) is 0.607. The smallest absolute Gasteiger partial charge is 0.326 e. The van der Waals surface area contributed by atoms with Crippen LogP contribution in [0.5, 0.6) is 0 Å². The Labute approximate surface area is 134 Å². The normalized spacial score (nSPS) is 17.7. The Kier molecular flexibility index (Phi) is 5.03. The highest BCUT2D eigenvalue weighted by Crippen LogP contribution is 2.21. The minimum atomic E-state index is -3.81. The molecule has 1 atom stereocenters. The second-order valence-corrected chi connectivity index (χ2v) is 6.82. The van der Waals surface area contributed by atoms with Crippen molar-refractivity contribution < 1.29 is 23.1 Å². The lowest BCUT2D eigenvalue weighted by atomic mass is 10.1. The third-order valence-corrected chi connectivity index (χ3v) is 4.95. The highest BCUT2D eigenvalue weighted by atomic mass is 32.2. The van der Waals surface area contributed by atoms with Crippen LogP contribution in [0.3, 0.4) is 0 Å². The van der Waals surface area contributed by atoms with Crippen LogP contribution in [0.1, 0.15) is 23.2 Å². The summed E-state index contributed by atoms with van der Waals surface area (Å²) < 4.78 is 26.3. The van der Waals surface area contributed by atoms with Crippen molar-refractivity contribution >= 4 is 21.9 Å². The predicted molar refractivity (Wildman–Crippen MR) is 82.2 cm³/mol. The van der Waals surface area contributed by atoms with Crippen LogP contribution in [-0.4, -0.2) is 49.4 Å². The lowest BCUT2D eigenvalue weighted by molar-refractivity contribution is -0.141. The van der Waals surface area contributed by atoms with Gasteiger partial charge in [0, 0.05) is 12.1 Å². The quantitative estimate of drug-likeness (QED) is 0.752. The van der Waals surface area contributed by atoms with Crippen LogP contribution in [-0.2, 0) is 14.8 Å². The number of terminal acetylenes is 1. The molecule has 7 nitrogen and oxygen atoms in total. The van der Waals surface area contributed by atoms with Gasteiger partial charge in [-0.3, -0.25) is 4.79 Å². The number of likely N-dealkylation sites (tertiary alicyclic amines) is 1. The molecule has 0 unspecified atom stereocenters. The van der Waals surface area contributed by atoms with E-state index in [0.717, 1.165) is 0 Å². The van der Waals surface area contributed by atoms with Gasteiger partial charge < -0.3 is 10.0 Å². The molecule has 1 aliphatic heterocycles. The molecule has 1 heterocycles. The Hall–Kier alpha value is -2.37. The molecule has 1 saturated heterocycles. The van der Waals surface area contributed by atoms with Crippen LogP contribution in [0.2, 0.25) is 0 Å². The Morgan fingerprint density at radius 1 is 1.43 bits per heavy atom. The lowest BCUT2D eigenvalue weighted by Gasteiger charge is -2.21. The first-order valence-corrected chi connectivity index (χ1v) is 8.42. The third kappa shape index (κ3) is 3.70. The van der Waals surface area contributed by atoms with Crippen molar-refractivity contribution in [2.24, 2.45) is 0 Å². The first kappa shape index (κ1) is 17.0. The second-order valence-electron chi connectivity index (χ2n) is 5.05. The molecular formula is C15H16N2O5S. The standard InChI is InChI=1S/C15H16N2O5S/c1-2-8-16-23(21,22)12-6-3-5-11(10-12)14(18)17-9-4-7-13(17)15(19)20/h1,3,5-6,10,13,16H,4,7-9H2,(H,19,20)/t13-/m1/s1. The van der Waals surface area contributed by atoms with Gasteiger partial charge in [0.25, 0.3) is 5.91 Å². The summed E-state index contributed by atoms with van der Waals surface area (Å²) >= 11 is 0. The van der Waals surface area contributed by atoms with Crippen LogP contribution in [0, 0.1) is 12.3 Å². The number of benzene rings is 1. The molecule has 0 aliphatic carbocycles. The number of hydrogen-bond acceptors (Lipinski definition) is 4. The number of nitrogens with one attached hydrogen (secondary N) is 1. The van der Waals surface area contributed by atoms with Crippen molar-refractivity contribution in [2.75, 3.05) is 13.1 Å². The predicted octanol–water partition coefficient (Wildman–Crippen LogP) is 0.287. The van der Waals surface area contributed by atoms with E-state index < -0.39 is 27.9 Å². The topological polar surface area (TPSA) is 104 Å². The summed E-state index contributed by atoms with van der Waals surface area (Å²) in [7, 11) is -3.81. The van der Waals surface area contributed by atoms with Gasteiger partial charge in [-0.25, -0.2) is 13.2 Å². The lowest BCUT2D eigenvalue weighted by Crippen LogP contribution is -2.40. The minimum Gasteiger partial charge on any atom is -0.480 e. The van der Waals surface area contributed by atoms with E-state index in [1.54, 1.807) is 0 Å². The van der Waals surface area contributed by atoms with E-state index in [4.69, 9.17) is 11.5 Å². The molecule has 1 aromatic carbocycles. The Bertz CT molecular complexity index is 766. The molecule has 0 radical (unpaired) electrons. The SMILES string of the molecule is C#CCNS(=O)(=O)c1cccc(C(=O)N2CCC[C@@H]2C(=O)O)c1. The Morgan fingerprint density at radius 2 is 2.17 bits per heavy atom. The van der Waals surface area contributed by atoms with Gasteiger partial charge in [-0.2, -0.15) is 4.72 Å². The molecule has 2 rings (SSSR count). The van der Waals surface area contributed by atoms with Crippen LogP contribution < -0.4 is 4.72 Å². The Morgan fingerprint density at radius 3 is 2.83 bits per heavy atom. The van der Waals surface area contributed by atoms with E-state index in [1.807, 2.05) is 0 Å². The van der Waals surface area contributed by atoms with E-state index >= 15 is 0 Å². The molecule has 1 fully saturated rings. The zero-order valence-corrected chi connectivity index (χ0v) is 13.0. The van der Waals surface area contributed by atoms with Gasteiger partial charge in [0.2, 0.25) is 10.0 Å². The number of rotatable bonds is 5. The first-order valence-electron chi connectivity index (χ1n) is 6.94. The highest BCUT2D eigenvalue weighted by molar-refractivity contribution is 7.89. The van der Waals surface area contributed by atoms with Gasteiger partial charge in [0.05, 0.1) is 11.4 Å². The molecule has 1 aromatic rings. The van der Waals surface area contributed by atoms with Crippen molar-refractivity contribution in [3.63, 3.8) is 0 Å². The maximum absolute atomic E-state index is 12.5. The number of amides is 1. The summed E-state index contributed by atoms with van der Waals surface area (Å²) in [6.45, 7) is 0.176. The maximum Gasteiger partial charge on any atom is 0.326 e. The van der Waals surface area contributed by atoms with Gasteiger partial charge >= 0.3 is 5.97 Å². The van der Waals surface area contributed by atoms with Crippen LogP contribution in [0.4, 0.5) is 0 Å². The third-order valence-electron chi connectivity index (χ3n) is 3.55. The molecule has 0 bridgehead atoms. The largest absolute Gasteiger partial charge is 0.480 e. The summed E-state index contributed by atoms with van der Waals surface area (Å²) in [6.07, 6.45) is 6.02. The van der Waals surface area contributed by atoms with Gasteiger partial charge in [-0.15, -0.1) is 6.42 Å². The summed E-state index contributed by atoms with van der Waals surface area (Å²) in [5, 5.41) is 9.14. The number of sulfonamides is 1. The minimum absolute atomic E-state index is 0.0929. The number of aliphatic carboxylic acids is 1. The van der Waals surface area contributed by atoms with E-state index in [-0.39, 0.29) is 17.0 Å². The molecular weight excluding hydrogens is 320 g/mol. The van der Waals surface area contributed by atoms with Gasteiger partial charge in [-0.1, -0.05) is 12.0 Å². The van der Waals surface area contributed by atoms with E-state index in [1.165, 1.54) is 29.2 Å². The average molecular weight is 336 g/mol. The van der Waals surface area contributed by atoms with Crippen LogP contribution in [0.15, 0.2) is 29.2 Å². The van der Waals surface area contributed by atoms with Crippen molar-refractivity contribution in [3.8, 4) is 12.3 Å². The zero-order chi connectivity index (χ0) is 17.0. The van der Waals surface area contributed by atoms with Crippen LogP contribution >= 0.6 is 0 Å². The fourth-order valence-electron chi connectivity index (χ4n) is 2.45. The molecule has 0 spiro atoms. The highest BCUT2D eigenvalue weighted by Gasteiger charge is 2.34. The molecule has 1 aliphatic rings. The molecule has 122 valence electrons. The monoisotopic (exact) mass is 336 g/mol. The summed E-state index contributed by atoms with van der Waals surface area (Å²) in [6, 6.07) is 4.58. The molecule has 0 aromatic heterocycles. The number of carboxylic acids is 1. The van der Waals surface area contributed by atoms with Gasteiger partial charge in [-0.05, 0) is 31.0 Å². The van der Waals surface area contributed by atoms with Gasteiger partial charge in [0.1, 0.15) is 6.04 Å². The fourth-order valence-corrected chi connectivity index (χ4v) is 3.43. The number of carbonyl (C=O) groups excluding carboxylic acids is 1. The molecule has 1 amide bonds. The molecule has 8 heteroatoms. The van der Waals surface area contributed by atoms with Crippen LogP contribution in [0.25, 0.3) is 0 Å². The summed E-state index contributed by atoms with van der Waals surface area (Å²) in [5.41, 5.74) is 0.127. The molecule has 2 N–H and O–H groups in total. The zero-order valence-electron chi connectivity index (χ0n) is 12.2. The molecule has 23 heavy (non-hydrogen) atoms. The number of carboxylic acid groups (broad SMARTS) is 1. The fraction of sp³-hybridized carbons (Fsp3) is 0.333.